The molecule has 0 aliphatic heterocycles. The summed E-state index contributed by atoms with van der Waals surface area (Å²) in [6.45, 7) is 3.85. The molecular formula is C13H16N2O. The molecule has 1 amide bonds. The number of allylic oxidation sites excluding steroid dienone is 3. The molecule has 0 fully saturated rings. The van der Waals surface area contributed by atoms with E-state index in [1.165, 1.54) is 0 Å². The molecule has 0 heterocycles. The average Bonchev–Trinajstić information content (AvgIpc) is 2.27. The summed E-state index contributed by atoms with van der Waals surface area (Å²) in [5, 5.41) is 2.60. The molecule has 16 heavy (non-hydrogen) atoms. The van der Waals surface area contributed by atoms with Crippen LogP contribution in [0.25, 0.3) is 0 Å². The molecule has 0 aliphatic rings. The van der Waals surface area contributed by atoms with E-state index in [9.17, 15) is 4.79 Å². The van der Waals surface area contributed by atoms with Crippen LogP contribution in [0.2, 0.25) is 0 Å². The Morgan fingerprint density at radius 1 is 1.31 bits per heavy atom. The van der Waals surface area contributed by atoms with E-state index in [1.807, 2.05) is 32.1 Å². The average molecular weight is 216 g/mol. The van der Waals surface area contributed by atoms with Gasteiger partial charge in [0.15, 0.2) is 0 Å². The number of nitrogens with one attached hydrogen (secondary N) is 1. The van der Waals surface area contributed by atoms with Gasteiger partial charge in [-0.25, -0.2) is 0 Å². The number of rotatable bonds is 3. The predicted octanol–water partition coefficient (Wildman–Crippen LogP) is 2.10. The molecule has 0 radical (unpaired) electrons. The summed E-state index contributed by atoms with van der Waals surface area (Å²) in [5.41, 5.74) is 7.32. The minimum Gasteiger partial charge on any atom is -0.385 e. The van der Waals surface area contributed by atoms with Crippen molar-refractivity contribution in [2.24, 2.45) is 5.73 Å². The fourth-order valence-electron chi connectivity index (χ4n) is 1.15. The van der Waals surface area contributed by atoms with Crippen LogP contribution >= 0.6 is 0 Å². The topological polar surface area (TPSA) is 55.1 Å². The van der Waals surface area contributed by atoms with E-state index in [0.717, 1.165) is 5.56 Å². The first-order valence-corrected chi connectivity index (χ1v) is 5.10. The number of hydrogen-bond acceptors (Lipinski definition) is 2. The van der Waals surface area contributed by atoms with Gasteiger partial charge in [-0.15, -0.1) is 0 Å². The lowest BCUT2D eigenvalue weighted by Crippen LogP contribution is -2.27. The summed E-state index contributed by atoms with van der Waals surface area (Å²) < 4.78 is 0. The fourth-order valence-corrected chi connectivity index (χ4v) is 1.15. The zero-order chi connectivity index (χ0) is 12.0. The zero-order valence-electron chi connectivity index (χ0n) is 9.53. The van der Waals surface area contributed by atoms with Gasteiger partial charge in [0.05, 0.1) is 0 Å². The maximum Gasteiger partial charge on any atom is 0.256 e. The quantitative estimate of drug-likeness (QED) is 0.760. The molecule has 0 bridgehead atoms. The van der Waals surface area contributed by atoms with Gasteiger partial charge in [-0.2, -0.15) is 0 Å². The lowest BCUT2D eigenvalue weighted by molar-refractivity contribution is 0.0965. The second-order valence-electron chi connectivity index (χ2n) is 3.47. The van der Waals surface area contributed by atoms with Crippen molar-refractivity contribution in [1.82, 2.24) is 5.32 Å². The Hall–Kier alpha value is -2.03. The summed E-state index contributed by atoms with van der Waals surface area (Å²) in [5.74, 6) is 0.141. The lowest BCUT2D eigenvalue weighted by atomic mass is 10.1. The first kappa shape index (κ1) is 12.0. The van der Waals surface area contributed by atoms with Crippen LogP contribution in [0.3, 0.4) is 0 Å². The van der Waals surface area contributed by atoms with Crippen molar-refractivity contribution >= 4 is 5.91 Å². The van der Waals surface area contributed by atoms with Crippen LogP contribution in [0.4, 0.5) is 0 Å². The molecule has 3 N–H and O–H groups in total. The smallest absolute Gasteiger partial charge is 0.256 e. The minimum atomic E-state index is -0.196. The molecule has 0 saturated carbocycles. The van der Waals surface area contributed by atoms with Gasteiger partial charge in [0, 0.05) is 5.56 Å². The van der Waals surface area contributed by atoms with Gasteiger partial charge in [0.1, 0.15) is 5.82 Å². The van der Waals surface area contributed by atoms with Gasteiger partial charge in [-0.1, -0.05) is 29.8 Å². The van der Waals surface area contributed by atoms with Crippen molar-refractivity contribution in [2.75, 3.05) is 0 Å². The van der Waals surface area contributed by atoms with Crippen molar-refractivity contribution in [1.29, 1.82) is 0 Å². The Labute approximate surface area is 95.7 Å². The maximum atomic E-state index is 11.7. The second kappa shape index (κ2) is 5.75. The molecule has 0 aromatic heterocycles. The predicted molar refractivity (Wildman–Crippen MR) is 65.7 cm³/mol. The summed E-state index contributed by atoms with van der Waals surface area (Å²) in [4.78, 5) is 11.7. The van der Waals surface area contributed by atoms with E-state index in [4.69, 9.17) is 5.73 Å². The Morgan fingerprint density at radius 2 is 1.94 bits per heavy atom. The Kier molecular flexibility index (Phi) is 4.33. The first-order valence-electron chi connectivity index (χ1n) is 5.10. The Bertz CT molecular complexity index is 416. The Morgan fingerprint density at radius 3 is 2.50 bits per heavy atom. The largest absolute Gasteiger partial charge is 0.385 e. The number of benzene rings is 1. The van der Waals surface area contributed by atoms with Crippen LogP contribution < -0.4 is 11.1 Å². The molecule has 0 aliphatic carbocycles. The molecular weight excluding hydrogens is 200 g/mol. The van der Waals surface area contributed by atoms with Crippen molar-refractivity contribution in [3.8, 4) is 0 Å². The number of carbonyl (C=O) groups excluding carboxylic acids is 1. The number of nitrogens with two attached hydrogens (primary N) is 1. The SMILES string of the molecule is C/C=C\C=C(/N)NC(=O)c1ccc(C)cc1. The van der Waals surface area contributed by atoms with Crippen molar-refractivity contribution < 1.29 is 4.79 Å². The van der Waals surface area contributed by atoms with Crippen LogP contribution in [0.15, 0.2) is 48.3 Å². The molecule has 0 saturated heterocycles. The van der Waals surface area contributed by atoms with Crippen LogP contribution in [0.5, 0.6) is 0 Å². The van der Waals surface area contributed by atoms with Crippen LogP contribution in [0, 0.1) is 6.92 Å². The third-order valence-electron chi connectivity index (χ3n) is 2.04. The molecule has 1 aromatic carbocycles. The summed E-state index contributed by atoms with van der Waals surface area (Å²) in [6, 6.07) is 7.32. The maximum absolute atomic E-state index is 11.7. The highest BCUT2D eigenvalue weighted by Crippen LogP contribution is 2.03. The second-order valence-corrected chi connectivity index (χ2v) is 3.47. The van der Waals surface area contributed by atoms with Gasteiger partial charge in [0.2, 0.25) is 0 Å². The van der Waals surface area contributed by atoms with E-state index in [1.54, 1.807) is 24.3 Å². The third kappa shape index (κ3) is 3.61. The summed E-state index contributed by atoms with van der Waals surface area (Å²) in [7, 11) is 0. The van der Waals surface area contributed by atoms with Gasteiger partial charge in [0.25, 0.3) is 5.91 Å². The van der Waals surface area contributed by atoms with Gasteiger partial charge < -0.3 is 11.1 Å². The highest BCUT2D eigenvalue weighted by Gasteiger charge is 2.04. The first-order chi connectivity index (χ1) is 7.63. The van der Waals surface area contributed by atoms with Gasteiger partial charge in [-0.05, 0) is 32.1 Å². The molecule has 0 atom stereocenters. The van der Waals surface area contributed by atoms with Crippen molar-refractivity contribution in [3.05, 3.63) is 59.4 Å². The van der Waals surface area contributed by atoms with Crippen LogP contribution in [-0.4, -0.2) is 5.91 Å². The zero-order valence-corrected chi connectivity index (χ0v) is 9.53. The molecule has 0 spiro atoms. The summed E-state index contributed by atoms with van der Waals surface area (Å²) >= 11 is 0. The van der Waals surface area contributed by atoms with E-state index in [2.05, 4.69) is 5.32 Å². The number of aryl methyl sites for hydroxylation is 1. The monoisotopic (exact) mass is 216 g/mol. The lowest BCUT2D eigenvalue weighted by Gasteiger charge is -2.04. The van der Waals surface area contributed by atoms with Gasteiger partial charge >= 0.3 is 0 Å². The highest BCUT2D eigenvalue weighted by molar-refractivity contribution is 5.95. The van der Waals surface area contributed by atoms with Crippen molar-refractivity contribution in [3.63, 3.8) is 0 Å². The van der Waals surface area contributed by atoms with Gasteiger partial charge in [-0.3, -0.25) is 4.79 Å². The Balaban J connectivity index is 2.69. The van der Waals surface area contributed by atoms with E-state index in [0.29, 0.717) is 11.4 Å². The summed E-state index contributed by atoms with van der Waals surface area (Å²) in [6.07, 6.45) is 5.25. The normalized spacial score (nSPS) is 11.8. The number of amides is 1. The molecule has 1 rings (SSSR count). The molecule has 0 unspecified atom stereocenters. The fraction of sp³-hybridized carbons (Fsp3) is 0.154. The highest BCUT2D eigenvalue weighted by atomic mass is 16.1. The minimum absolute atomic E-state index is 0.196. The molecule has 3 heteroatoms. The number of carbonyl (C=O) groups is 1. The van der Waals surface area contributed by atoms with Crippen LogP contribution in [-0.2, 0) is 0 Å². The van der Waals surface area contributed by atoms with Crippen molar-refractivity contribution in [2.45, 2.75) is 13.8 Å². The van der Waals surface area contributed by atoms with E-state index >= 15 is 0 Å². The standard InChI is InChI=1S/C13H16N2O/c1-3-4-5-12(14)15-13(16)11-8-6-10(2)7-9-11/h3-9H,14H2,1-2H3,(H,15,16)/b4-3-,12-5+. The molecule has 84 valence electrons. The third-order valence-corrected chi connectivity index (χ3v) is 2.04. The molecule has 3 nitrogen and oxygen atoms in total. The number of hydrogen-bond donors (Lipinski definition) is 2. The van der Waals surface area contributed by atoms with E-state index < -0.39 is 0 Å². The molecule has 1 aromatic rings. The van der Waals surface area contributed by atoms with Crippen LogP contribution in [0.1, 0.15) is 22.8 Å². The van der Waals surface area contributed by atoms with E-state index in [-0.39, 0.29) is 5.91 Å².